The van der Waals surface area contributed by atoms with Crippen molar-refractivity contribution in [1.82, 2.24) is 0 Å². The molecule has 1 aromatic carbocycles. The second-order valence-electron chi connectivity index (χ2n) is 2.18. The van der Waals surface area contributed by atoms with E-state index in [2.05, 4.69) is 0 Å². The molecule has 0 aliphatic heterocycles. The molecule has 10 heavy (non-hydrogen) atoms. The van der Waals surface area contributed by atoms with Crippen LogP contribution in [-0.2, 0) is 6.42 Å². The summed E-state index contributed by atoms with van der Waals surface area (Å²) in [6.07, 6.45) is 0.463. The summed E-state index contributed by atoms with van der Waals surface area (Å²) in [7, 11) is 0. The summed E-state index contributed by atoms with van der Waals surface area (Å²) >= 11 is 0. The van der Waals surface area contributed by atoms with Gasteiger partial charge in [-0.2, -0.15) is 0 Å². The molecule has 0 aliphatic carbocycles. The number of alkyl halides is 1. The molecule has 54 valence electrons. The Kier molecular flexibility index (Phi) is 2.26. The lowest BCUT2D eigenvalue weighted by atomic mass is 10.1. The Morgan fingerprint density at radius 2 is 2.20 bits per heavy atom. The van der Waals surface area contributed by atoms with Crippen molar-refractivity contribution >= 4 is 5.69 Å². The molecule has 2 heteroatoms. The normalized spacial score (nSPS) is 9.70. The van der Waals surface area contributed by atoms with E-state index >= 15 is 0 Å². The summed E-state index contributed by atoms with van der Waals surface area (Å²) in [4.78, 5) is 0. The molecule has 0 aliphatic rings. The summed E-state index contributed by atoms with van der Waals surface area (Å²) in [5.41, 5.74) is 7.13. The zero-order valence-corrected chi connectivity index (χ0v) is 5.68. The van der Waals surface area contributed by atoms with Crippen LogP contribution in [0.15, 0.2) is 24.3 Å². The van der Waals surface area contributed by atoms with Gasteiger partial charge >= 0.3 is 0 Å². The summed E-state index contributed by atoms with van der Waals surface area (Å²) in [5, 5.41) is 0. The molecule has 1 nitrogen and oxygen atoms in total. The van der Waals surface area contributed by atoms with Gasteiger partial charge in [0, 0.05) is 12.1 Å². The topological polar surface area (TPSA) is 26.0 Å². The monoisotopic (exact) mass is 139 g/mol. The fourth-order valence-corrected chi connectivity index (χ4v) is 0.858. The molecule has 0 spiro atoms. The Labute approximate surface area is 59.7 Å². The van der Waals surface area contributed by atoms with E-state index < -0.39 is 0 Å². The minimum atomic E-state index is -0.316. The molecule has 0 saturated carbocycles. The van der Waals surface area contributed by atoms with Crippen molar-refractivity contribution in [3.05, 3.63) is 29.8 Å². The Balaban J connectivity index is 2.75. The number of anilines is 1. The lowest BCUT2D eigenvalue weighted by Crippen LogP contribution is -1.89. The van der Waals surface area contributed by atoms with E-state index in [1.807, 2.05) is 12.1 Å². The predicted octanol–water partition coefficient (Wildman–Crippen LogP) is 1.78. The maximum absolute atomic E-state index is 11.8. The van der Waals surface area contributed by atoms with Gasteiger partial charge < -0.3 is 5.73 Å². The average Bonchev–Trinajstić information content (AvgIpc) is 1.88. The quantitative estimate of drug-likeness (QED) is 0.621. The maximum atomic E-state index is 11.8. The Morgan fingerprint density at radius 1 is 1.40 bits per heavy atom. The Morgan fingerprint density at radius 3 is 2.80 bits per heavy atom. The van der Waals surface area contributed by atoms with Gasteiger partial charge in [-0.1, -0.05) is 12.1 Å². The summed E-state index contributed by atoms with van der Waals surface area (Å²) in [6, 6.07) is 7.29. The average molecular weight is 139 g/mol. The second kappa shape index (κ2) is 3.20. The van der Waals surface area contributed by atoms with Gasteiger partial charge in [0.25, 0.3) is 0 Å². The summed E-state index contributed by atoms with van der Waals surface area (Å²) in [6.45, 7) is -0.316. The molecular formula is C8H10FN. The number of nitrogen functional groups attached to an aromatic ring is 1. The van der Waals surface area contributed by atoms with Crippen LogP contribution in [0.2, 0.25) is 0 Å². The first-order valence-corrected chi connectivity index (χ1v) is 3.23. The minimum absolute atomic E-state index is 0.316. The van der Waals surface area contributed by atoms with Crippen LogP contribution < -0.4 is 5.73 Å². The van der Waals surface area contributed by atoms with E-state index in [-0.39, 0.29) is 6.67 Å². The lowest BCUT2D eigenvalue weighted by Gasteiger charge is -1.96. The number of benzene rings is 1. The minimum Gasteiger partial charge on any atom is -0.399 e. The number of rotatable bonds is 2. The van der Waals surface area contributed by atoms with Crippen LogP contribution in [0.25, 0.3) is 0 Å². The highest BCUT2D eigenvalue weighted by molar-refractivity contribution is 5.40. The molecule has 0 amide bonds. The third kappa shape index (κ3) is 1.72. The van der Waals surface area contributed by atoms with Crippen LogP contribution in [-0.4, -0.2) is 6.67 Å². The van der Waals surface area contributed by atoms with Gasteiger partial charge in [-0.15, -0.1) is 0 Å². The highest BCUT2D eigenvalue weighted by Crippen LogP contribution is 2.06. The largest absolute Gasteiger partial charge is 0.399 e. The van der Waals surface area contributed by atoms with Crippen molar-refractivity contribution in [2.75, 3.05) is 12.4 Å². The van der Waals surface area contributed by atoms with Crippen molar-refractivity contribution in [3.63, 3.8) is 0 Å². The SMILES string of the molecule is Nc1cccc(CCF)c1. The van der Waals surface area contributed by atoms with Gasteiger partial charge in [0.05, 0.1) is 6.67 Å². The molecule has 0 unspecified atom stereocenters. The van der Waals surface area contributed by atoms with Crippen LogP contribution in [0.3, 0.4) is 0 Å². The molecule has 2 N–H and O–H groups in total. The van der Waals surface area contributed by atoms with Gasteiger partial charge in [-0.05, 0) is 17.7 Å². The number of hydrogen-bond donors (Lipinski definition) is 1. The molecule has 0 radical (unpaired) electrons. The number of halogens is 1. The van der Waals surface area contributed by atoms with Crippen molar-refractivity contribution in [3.8, 4) is 0 Å². The molecular weight excluding hydrogens is 129 g/mol. The fraction of sp³-hybridized carbons (Fsp3) is 0.250. The molecule has 0 fully saturated rings. The van der Waals surface area contributed by atoms with E-state index in [1.54, 1.807) is 12.1 Å². The van der Waals surface area contributed by atoms with E-state index in [4.69, 9.17) is 5.73 Å². The predicted molar refractivity (Wildman–Crippen MR) is 40.5 cm³/mol. The molecule has 0 aromatic heterocycles. The van der Waals surface area contributed by atoms with Crippen LogP contribution in [0, 0.1) is 0 Å². The molecule has 0 atom stereocenters. The van der Waals surface area contributed by atoms with Crippen LogP contribution >= 0.6 is 0 Å². The van der Waals surface area contributed by atoms with Crippen molar-refractivity contribution in [2.24, 2.45) is 0 Å². The van der Waals surface area contributed by atoms with E-state index in [0.29, 0.717) is 12.1 Å². The van der Waals surface area contributed by atoms with Crippen LogP contribution in [0.1, 0.15) is 5.56 Å². The highest BCUT2D eigenvalue weighted by atomic mass is 19.1. The van der Waals surface area contributed by atoms with Gasteiger partial charge in [0.2, 0.25) is 0 Å². The molecule has 0 bridgehead atoms. The Hall–Kier alpha value is -1.05. The van der Waals surface area contributed by atoms with Gasteiger partial charge in [0.1, 0.15) is 0 Å². The molecule has 1 rings (SSSR count). The van der Waals surface area contributed by atoms with Crippen molar-refractivity contribution < 1.29 is 4.39 Å². The smallest absolute Gasteiger partial charge is 0.0934 e. The standard InChI is InChI=1S/C8H10FN/c9-5-4-7-2-1-3-8(10)6-7/h1-3,6H,4-5,10H2. The van der Waals surface area contributed by atoms with Crippen LogP contribution in [0.4, 0.5) is 10.1 Å². The Bertz CT molecular complexity index is 210. The van der Waals surface area contributed by atoms with Gasteiger partial charge in [0.15, 0.2) is 0 Å². The second-order valence-corrected chi connectivity index (χ2v) is 2.18. The number of nitrogens with two attached hydrogens (primary N) is 1. The molecule has 0 saturated heterocycles. The van der Waals surface area contributed by atoms with E-state index in [9.17, 15) is 4.39 Å². The van der Waals surface area contributed by atoms with Gasteiger partial charge in [-0.3, -0.25) is 4.39 Å². The third-order valence-electron chi connectivity index (χ3n) is 1.33. The third-order valence-corrected chi connectivity index (χ3v) is 1.33. The molecule has 0 heterocycles. The first kappa shape index (κ1) is 7.06. The maximum Gasteiger partial charge on any atom is 0.0934 e. The number of aryl methyl sites for hydroxylation is 1. The lowest BCUT2D eigenvalue weighted by molar-refractivity contribution is 0.495. The number of hydrogen-bond acceptors (Lipinski definition) is 1. The molecule has 1 aromatic rings. The van der Waals surface area contributed by atoms with Crippen molar-refractivity contribution in [1.29, 1.82) is 0 Å². The summed E-state index contributed by atoms with van der Waals surface area (Å²) < 4.78 is 11.8. The van der Waals surface area contributed by atoms with E-state index in [0.717, 1.165) is 5.56 Å². The fourth-order valence-electron chi connectivity index (χ4n) is 0.858. The first-order chi connectivity index (χ1) is 4.83. The summed E-state index contributed by atoms with van der Waals surface area (Å²) in [5.74, 6) is 0. The van der Waals surface area contributed by atoms with Crippen LogP contribution in [0.5, 0.6) is 0 Å². The first-order valence-electron chi connectivity index (χ1n) is 3.23. The zero-order valence-electron chi connectivity index (χ0n) is 5.68. The van der Waals surface area contributed by atoms with E-state index in [1.165, 1.54) is 0 Å². The van der Waals surface area contributed by atoms with Crippen molar-refractivity contribution in [2.45, 2.75) is 6.42 Å². The zero-order chi connectivity index (χ0) is 7.40. The van der Waals surface area contributed by atoms with Gasteiger partial charge in [-0.25, -0.2) is 0 Å². The highest BCUT2D eigenvalue weighted by Gasteiger charge is 1.90.